The van der Waals surface area contributed by atoms with E-state index in [1.807, 2.05) is 35.0 Å². The lowest BCUT2D eigenvalue weighted by Gasteiger charge is -2.08. The molecule has 1 unspecified atom stereocenters. The summed E-state index contributed by atoms with van der Waals surface area (Å²) in [7, 11) is 0. The van der Waals surface area contributed by atoms with Crippen molar-refractivity contribution in [3.8, 4) is 0 Å². The predicted octanol–water partition coefficient (Wildman–Crippen LogP) is 2.80. The van der Waals surface area contributed by atoms with Gasteiger partial charge in [0.1, 0.15) is 5.65 Å². The number of fused-ring (bicyclic) bond motifs is 1. The second-order valence-corrected chi connectivity index (χ2v) is 4.62. The van der Waals surface area contributed by atoms with Crippen LogP contribution in [0, 0.1) is 5.92 Å². The van der Waals surface area contributed by atoms with E-state index >= 15 is 0 Å². The van der Waals surface area contributed by atoms with Crippen LogP contribution in [0.2, 0.25) is 0 Å². The molecule has 86 valence electrons. The monoisotopic (exact) mass is 218 g/mol. The zero-order chi connectivity index (χ0) is 11.5. The minimum Gasteiger partial charge on any atom is -0.387 e. The van der Waals surface area contributed by atoms with Gasteiger partial charge in [0.2, 0.25) is 0 Å². The molecule has 0 saturated heterocycles. The highest BCUT2D eigenvalue weighted by molar-refractivity contribution is 5.39. The van der Waals surface area contributed by atoms with Crippen LogP contribution in [-0.4, -0.2) is 14.5 Å². The summed E-state index contributed by atoms with van der Waals surface area (Å²) in [5.41, 5.74) is 1.66. The van der Waals surface area contributed by atoms with Crippen LogP contribution in [0.25, 0.3) is 5.65 Å². The molecular formula is C13H18N2O. The van der Waals surface area contributed by atoms with E-state index in [0.29, 0.717) is 5.92 Å². The van der Waals surface area contributed by atoms with Gasteiger partial charge in [-0.1, -0.05) is 19.9 Å². The fraction of sp³-hybridized carbons (Fsp3) is 0.462. The first-order valence-corrected chi connectivity index (χ1v) is 5.78. The molecule has 16 heavy (non-hydrogen) atoms. The predicted molar refractivity (Wildman–Crippen MR) is 64.2 cm³/mol. The molecular weight excluding hydrogens is 200 g/mol. The summed E-state index contributed by atoms with van der Waals surface area (Å²) >= 11 is 0. The van der Waals surface area contributed by atoms with Crippen molar-refractivity contribution in [2.24, 2.45) is 5.92 Å². The third kappa shape index (κ3) is 2.42. The summed E-state index contributed by atoms with van der Waals surface area (Å²) in [5.74, 6) is 0.617. The fourth-order valence-electron chi connectivity index (χ4n) is 1.75. The van der Waals surface area contributed by atoms with E-state index in [1.165, 1.54) is 0 Å². The quantitative estimate of drug-likeness (QED) is 0.856. The summed E-state index contributed by atoms with van der Waals surface area (Å²) < 4.78 is 1.94. The van der Waals surface area contributed by atoms with Crippen LogP contribution in [0.1, 0.15) is 38.5 Å². The maximum Gasteiger partial charge on any atom is 0.137 e. The van der Waals surface area contributed by atoms with E-state index in [-0.39, 0.29) is 0 Å². The standard InChI is InChI=1S/C13H18N2O/c1-10(2)6-7-12(16)11-9-15-8-4-3-5-13(15)14-11/h3-5,8-10,12,16H,6-7H2,1-2H3. The van der Waals surface area contributed by atoms with Crippen LogP contribution in [0.4, 0.5) is 0 Å². The van der Waals surface area contributed by atoms with Crippen molar-refractivity contribution in [3.63, 3.8) is 0 Å². The van der Waals surface area contributed by atoms with Crippen molar-refractivity contribution in [2.75, 3.05) is 0 Å². The van der Waals surface area contributed by atoms with Crippen LogP contribution < -0.4 is 0 Å². The highest BCUT2D eigenvalue weighted by Gasteiger charge is 2.12. The Bertz CT molecular complexity index is 429. The van der Waals surface area contributed by atoms with Gasteiger partial charge in [-0.3, -0.25) is 0 Å². The molecule has 0 spiro atoms. The van der Waals surface area contributed by atoms with E-state index in [1.54, 1.807) is 0 Å². The van der Waals surface area contributed by atoms with Crippen molar-refractivity contribution in [1.82, 2.24) is 9.38 Å². The Balaban J connectivity index is 2.13. The van der Waals surface area contributed by atoms with Crippen LogP contribution in [-0.2, 0) is 0 Å². The van der Waals surface area contributed by atoms with Gasteiger partial charge in [0.05, 0.1) is 11.8 Å². The lowest BCUT2D eigenvalue weighted by Crippen LogP contribution is -2.00. The van der Waals surface area contributed by atoms with Gasteiger partial charge in [-0.15, -0.1) is 0 Å². The zero-order valence-corrected chi connectivity index (χ0v) is 9.80. The number of pyridine rings is 1. The van der Waals surface area contributed by atoms with Crippen molar-refractivity contribution >= 4 is 5.65 Å². The van der Waals surface area contributed by atoms with Gasteiger partial charge in [-0.25, -0.2) is 4.98 Å². The third-order valence-electron chi connectivity index (χ3n) is 2.74. The Morgan fingerprint density at radius 1 is 1.31 bits per heavy atom. The topological polar surface area (TPSA) is 37.5 Å². The highest BCUT2D eigenvalue weighted by Crippen LogP contribution is 2.20. The summed E-state index contributed by atoms with van der Waals surface area (Å²) in [6, 6.07) is 5.85. The molecule has 2 rings (SSSR count). The van der Waals surface area contributed by atoms with Crippen LogP contribution in [0.5, 0.6) is 0 Å². The smallest absolute Gasteiger partial charge is 0.137 e. The van der Waals surface area contributed by atoms with Crippen LogP contribution in [0.15, 0.2) is 30.6 Å². The second kappa shape index (κ2) is 4.66. The lowest BCUT2D eigenvalue weighted by molar-refractivity contribution is 0.155. The SMILES string of the molecule is CC(C)CCC(O)c1cn2ccccc2n1. The maximum absolute atomic E-state index is 9.99. The number of hydrogen-bond acceptors (Lipinski definition) is 2. The maximum atomic E-state index is 9.99. The van der Waals surface area contributed by atoms with Gasteiger partial charge >= 0.3 is 0 Å². The fourth-order valence-corrected chi connectivity index (χ4v) is 1.75. The minimum atomic E-state index is -0.442. The van der Waals surface area contributed by atoms with Gasteiger partial charge < -0.3 is 9.51 Å². The molecule has 3 heteroatoms. The largest absolute Gasteiger partial charge is 0.387 e. The van der Waals surface area contributed by atoms with Gasteiger partial charge in [0.15, 0.2) is 0 Å². The summed E-state index contributed by atoms with van der Waals surface area (Å²) in [5, 5.41) is 9.99. The summed E-state index contributed by atoms with van der Waals surface area (Å²) in [4.78, 5) is 4.40. The lowest BCUT2D eigenvalue weighted by atomic mass is 10.0. The van der Waals surface area contributed by atoms with Crippen molar-refractivity contribution in [3.05, 3.63) is 36.3 Å². The van der Waals surface area contributed by atoms with Crippen molar-refractivity contribution in [2.45, 2.75) is 32.8 Å². The number of hydrogen-bond donors (Lipinski definition) is 1. The second-order valence-electron chi connectivity index (χ2n) is 4.62. The van der Waals surface area contributed by atoms with Crippen LogP contribution in [0.3, 0.4) is 0 Å². The zero-order valence-electron chi connectivity index (χ0n) is 9.80. The van der Waals surface area contributed by atoms with Crippen molar-refractivity contribution < 1.29 is 5.11 Å². The number of aliphatic hydroxyl groups is 1. The first-order valence-electron chi connectivity index (χ1n) is 5.78. The molecule has 0 fully saturated rings. The highest BCUT2D eigenvalue weighted by atomic mass is 16.3. The molecule has 1 N–H and O–H groups in total. The Hall–Kier alpha value is -1.35. The molecule has 2 aromatic rings. The van der Waals surface area contributed by atoms with Gasteiger partial charge in [-0.2, -0.15) is 0 Å². The Morgan fingerprint density at radius 3 is 2.81 bits per heavy atom. The van der Waals surface area contributed by atoms with Crippen LogP contribution >= 0.6 is 0 Å². The molecule has 1 atom stereocenters. The molecule has 0 aromatic carbocycles. The number of nitrogens with zero attached hydrogens (tertiary/aromatic N) is 2. The third-order valence-corrected chi connectivity index (χ3v) is 2.74. The number of aliphatic hydroxyl groups excluding tert-OH is 1. The van der Waals surface area contributed by atoms with Gasteiger partial charge in [-0.05, 0) is 30.9 Å². The van der Waals surface area contributed by atoms with E-state index in [9.17, 15) is 5.11 Å². The molecule has 0 bridgehead atoms. The van der Waals surface area contributed by atoms with Gasteiger partial charge in [0, 0.05) is 12.4 Å². The van der Waals surface area contributed by atoms with E-state index in [0.717, 1.165) is 24.2 Å². The molecule has 2 heterocycles. The van der Waals surface area contributed by atoms with Crippen molar-refractivity contribution in [1.29, 1.82) is 0 Å². The van der Waals surface area contributed by atoms with Gasteiger partial charge in [0.25, 0.3) is 0 Å². The number of aromatic nitrogens is 2. The molecule has 0 amide bonds. The van der Waals surface area contributed by atoms with E-state index in [4.69, 9.17) is 0 Å². The summed E-state index contributed by atoms with van der Waals surface area (Å²) in [6.45, 7) is 4.33. The average Bonchev–Trinajstić information content (AvgIpc) is 2.69. The van der Waals surface area contributed by atoms with E-state index < -0.39 is 6.10 Å². The molecule has 0 radical (unpaired) electrons. The molecule has 3 nitrogen and oxygen atoms in total. The normalized spacial score (nSPS) is 13.5. The number of rotatable bonds is 4. The van der Waals surface area contributed by atoms with E-state index in [2.05, 4.69) is 18.8 Å². The molecule has 2 aromatic heterocycles. The molecule has 0 aliphatic rings. The first kappa shape index (κ1) is 11.1. The molecule has 0 aliphatic carbocycles. The average molecular weight is 218 g/mol. The number of imidazole rings is 1. The first-order chi connectivity index (χ1) is 7.66. The minimum absolute atomic E-state index is 0.442. The molecule has 0 aliphatic heterocycles. The molecule has 0 saturated carbocycles. The Kier molecular flexibility index (Phi) is 3.25. The Morgan fingerprint density at radius 2 is 2.12 bits per heavy atom. The Labute approximate surface area is 95.8 Å². The summed E-state index contributed by atoms with van der Waals surface area (Å²) in [6.07, 6.45) is 5.21.